The van der Waals surface area contributed by atoms with Gasteiger partial charge in [-0.05, 0) is 19.4 Å². The smallest absolute Gasteiger partial charge is 0.160 e. The molecule has 1 heterocycles. The van der Waals surface area contributed by atoms with Gasteiger partial charge in [0.25, 0.3) is 0 Å². The molecular formula is C8H17NO2. The second-order valence-electron chi connectivity index (χ2n) is 2.95. The van der Waals surface area contributed by atoms with Gasteiger partial charge in [0.05, 0.1) is 0 Å². The van der Waals surface area contributed by atoms with Crippen molar-refractivity contribution in [2.75, 3.05) is 27.3 Å². The summed E-state index contributed by atoms with van der Waals surface area (Å²) in [6, 6.07) is 0. The molecule has 1 rings (SSSR count). The van der Waals surface area contributed by atoms with Crippen LogP contribution < -0.4 is 5.32 Å². The first-order chi connectivity index (χ1) is 5.38. The molecule has 3 heteroatoms. The maximum atomic E-state index is 5.18. The van der Waals surface area contributed by atoms with E-state index in [0.29, 0.717) is 5.92 Å². The van der Waals surface area contributed by atoms with Gasteiger partial charge in [0.15, 0.2) is 6.29 Å². The van der Waals surface area contributed by atoms with Crippen molar-refractivity contribution in [3.8, 4) is 0 Å². The van der Waals surface area contributed by atoms with Gasteiger partial charge in [0, 0.05) is 26.7 Å². The van der Waals surface area contributed by atoms with Gasteiger partial charge in [-0.2, -0.15) is 0 Å². The van der Waals surface area contributed by atoms with Gasteiger partial charge in [-0.3, -0.25) is 0 Å². The van der Waals surface area contributed by atoms with Crippen LogP contribution >= 0.6 is 0 Å². The predicted octanol–water partition coefficient (Wildman–Crippen LogP) is 0.605. The monoisotopic (exact) mass is 159 g/mol. The maximum Gasteiger partial charge on any atom is 0.160 e. The Morgan fingerprint density at radius 3 is 2.55 bits per heavy atom. The van der Waals surface area contributed by atoms with Crippen LogP contribution in [0.1, 0.15) is 12.8 Å². The van der Waals surface area contributed by atoms with Gasteiger partial charge in [0.1, 0.15) is 0 Å². The molecule has 1 atom stereocenters. The van der Waals surface area contributed by atoms with Crippen molar-refractivity contribution < 1.29 is 9.47 Å². The molecule has 11 heavy (non-hydrogen) atoms. The van der Waals surface area contributed by atoms with Crippen LogP contribution in [-0.2, 0) is 9.47 Å². The van der Waals surface area contributed by atoms with E-state index >= 15 is 0 Å². The largest absolute Gasteiger partial charge is 0.356 e. The van der Waals surface area contributed by atoms with Crippen molar-refractivity contribution in [3.63, 3.8) is 0 Å². The zero-order chi connectivity index (χ0) is 8.10. The van der Waals surface area contributed by atoms with Crippen molar-refractivity contribution >= 4 is 0 Å². The molecule has 0 aromatic carbocycles. The topological polar surface area (TPSA) is 30.5 Å². The van der Waals surface area contributed by atoms with Crippen molar-refractivity contribution in [2.45, 2.75) is 19.1 Å². The molecule has 0 aromatic heterocycles. The molecule has 66 valence electrons. The second kappa shape index (κ2) is 4.70. The molecule has 1 fully saturated rings. The predicted molar refractivity (Wildman–Crippen MR) is 43.4 cm³/mol. The van der Waals surface area contributed by atoms with Crippen molar-refractivity contribution in [2.24, 2.45) is 5.92 Å². The molecule has 0 spiro atoms. The summed E-state index contributed by atoms with van der Waals surface area (Å²) in [7, 11) is 3.39. The Morgan fingerprint density at radius 1 is 1.36 bits per heavy atom. The summed E-state index contributed by atoms with van der Waals surface area (Å²) >= 11 is 0. The quantitative estimate of drug-likeness (QED) is 0.612. The van der Waals surface area contributed by atoms with Crippen molar-refractivity contribution in [3.05, 3.63) is 0 Å². The van der Waals surface area contributed by atoms with Crippen LogP contribution in [0, 0.1) is 5.92 Å². The van der Waals surface area contributed by atoms with E-state index in [1.54, 1.807) is 14.2 Å². The number of piperidine rings is 1. The molecule has 0 aliphatic carbocycles. The summed E-state index contributed by atoms with van der Waals surface area (Å²) < 4.78 is 10.4. The fraction of sp³-hybridized carbons (Fsp3) is 1.00. The van der Waals surface area contributed by atoms with Crippen LogP contribution in [-0.4, -0.2) is 33.6 Å². The summed E-state index contributed by atoms with van der Waals surface area (Å²) in [4.78, 5) is 0. The lowest BCUT2D eigenvalue weighted by molar-refractivity contribution is -0.140. The first kappa shape index (κ1) is 8.97. The summed E-state index contributed by atoms with van der Waals surface area (Å²) in [6.45, 7) is 2.16. The number of rotatable bonds is 3. The zero-order valence-corrected chi connectivity index (χ0v) is 7.30. The van der Waals surface area contributed by atoms with E-state index in [9.17, 15) is 0 Å². The Hall–Kier alpha value is -0.120. The van der Waals surface area contributed by atoms with Crippen LogP contribution in [0.5, 0.6) is 0 Å². The Morgan fingerprint density at radius 2 is 2.09 bits per heavy atom. The Bertz CT molecular complexity index is 98.3. The minimum atomic E-state index is -0.0252. The normalized spacial score (nSPS) is 25.9. The fourth-order valence-corrected chi connectivity index (χ4v) is 1.59. The van der Waals surface area contributed by atoms with Gasteiger partial charge in [0.2, 0.25) is 0 Å². The number of hydrogen-bond donors (Lipinski definition) is 1. The molecule has 3 nitrogen and oxygen atoms in total. The maximum absolute atomic E-state index is 5.18. The van der Waals surface area contributed by atoms with Crippen molar-refractivity contribution in [1.82, 2.24) is 5.32 Å². The first-order valence-electron chi connectivity index (χ1n) is 4.14. The third-order valence-corrected chi connectivity index (χ3v) is 2.18. The highest BCUT2D eigenvalue weighted by molar-refractivity contribution is 4.71. The lowest BCUT2D eigenvalue weighted by atomic mass is 9.99. The lowest BCUT2D eigenvalue weighted by Gasteiger charge is -2.28. The molecule has 1 saturated heterocycles. The molecular weight excluding hydrogens is 142 g/mol. The molecule has 0 bridgehead atoms. The number of methoxy groups -OCH3 is 2. The molecule has 0 aromatic rings. The standard InChI is InChI=1S/C8H17NO2/c1-10-8(11-2)7-4-3-5-9-6-7/h7-9H,3-6H2,1-2H3. The summed E-state index contributed by atoms with van der Waals surface area (Å²) in [5.74, 6) is 0.527. The highest BCUT2D eigenvalue weighted by Gasteiger charge is 2.22. The number of nitrogens with one attached hydrogen (secondary N) is 1. The van der Waals surface area contributed by atoms with Crippen molar-refractivity contribution in [1.29, 1.82) is 0 Å². The number of ether oxygens (including phenoxy) is 2. The van der Waals surface area contributed by atoms with Crippen LogP contribution in [0.2, 0.25) is 0 Å². The minimum absolute atomic E-state index is 0.0252. The van der Waals surface area contributed by atoms with Crippen LogP contribution in [0.15, 0.2) is 0 Å². The van der Waals surface area contributed by atoms with Crippen LogP contribution in [0.3, 0.4) is 0 Å². The van der Waals surface area contributed by atoms with Gasteiger partial charge in [-0.15, -0.1) is 0 Å². The third kappa shape index (κ3) is 2.43. The van der Waals surface area contributed by atoms with Gasteiger partial charge in [-0.25, -0.2) is 0 Å². The summed E-state index contributed by atoms with van der Waals surface area (Å²) in [6.07, 6.45) is 2.41. The van der Waals surface area contributed by atoms with E-state index in [0.717, 1.165) is 13.1 Å². The Kier molecular flexibility index (Phi) is 3.83. The molecule has 1 aliphatic heterocycles. The molecule has 1 aliphatic rings. The highest BCUT2D eigenvalue weighted by atomic mass is 16.7. The van der Waals surface area contributed by atoms with E-state index in [4.69, 9.17) is 9.47 Å². The van der Waals surface area contributed by atoms with Gasteiger partial charge in [-0.1, -0.05) is 0 Å². The summed E-state index contributed by atoms with van der Waals surface area (Å²) in [5.41, 5.74) is 0. The Balaban J connectivity index is 2.30. The molecule has 0 amide bonds. The third-order valence-electron chi connectivity index (χ3n) is 2.18. The van der Waals surface area contributed by atoms with Crippen LogP contribution in [0.4, 0.5) is 0 Å². The Labute approximate surface area is 68.1 Å². The minimum Gasteiger partial charge on any atom is -0.356 e. The van der Waals surface area contributed by atoms with E-state index in [2.05, 4.69) is 5.32 Å². The SMILES string of the molecule is COC(OC)C1CCCNC1. The van der Waals surface area contributed by atoms with Gasteiger partial charge >= 0.3 is 0 Å². The highest BCUT2D eigenvalue weighted by Crippen LogP contribution is 2.16. The molecule has 0 radical (unpaired) electrons. The average molecular weight is 159 g/mol. The first-order valence-corrected chi connectivity index (χ1v) is 4.14. The number of hydrogen-bond acceptors (Lipinski definition) is 3. The van der Waals surface area contributed by atoms with Gasteiger partial charge < -0.3 is 14.8 Å². The van der Waals surface area contributed by atoms with E-state index < -0.39 is 0 Å². The van der Waals surface area contributed by atoms with E-state index in [1.807, 2.05) is 0 Å². The van der Waals surface area contributed by atoms with Crippen LogP contribution in [0.25, 0.3) is 0 Å². The molecule has 1 unspecified atom stereocenters. The van der Waals surface area contributed by atoms with E-state index in [1.165, 1.54) is 12.8 Å². The second-order valence-corrected chi connectivity index (χ2v) is 2.95. The molecule has 1 N–H and O–H groups in total. The lowest BCUT2D eigenvalue weighted by Crippen LogP contribution is -2.38. The zero-order valence-electron chi connectivity index (χ0n) is 7.30. The van der Waals surface area contributed by atoms with E-state index in [-0.39, 0.29) is 6.29 Å². The molecule has 0 saturated carbocycles. The average Bonchev–Trinajstić information content (AvgIpc) is 2.09. The fourth-order valence-electron chi connectivity index (χ4n) is 1.59. The summed E-state index contributed by atoms with van der Waals surface area (Å²) in [5, 5.41) is 3.32.